The molecular formula is C21H32O2. The van der Waals surface area contributed by atoms with E-state index >= 15 is 0 Å². The lowest BCUT2D eigenvalue weighted by Crippen LogP contribution is -1.98. The zero-order valence-electron chi connectivity index (χ0n) is 14.5. The second-order valence-corrected chi connectivity index (χ2v) is 5.23. The second kappa shape index (κ2) is 16.7. The average molecular weight is 316 g/mol. The number of aliphatic hydroxyl groups is 2. The Balaban J connectivity index is 3.89. The standard InChI is InChI=1S/C21H32O2/c1-3-5-7-8-9-13-17-21(23)19-15-11-10-14-18-20(22)16-12-6-4-2/h5-7,9-15,18-23H,3-4,8,16-17H2,1-2H3/b7-5-,11-10+,12-6-,13-9-,18-14-,19-15+. The molecule has 0 saturated heterocycles. The summed E-state index contributed by atoms with van der Waals surface area (Å²) in [6, 6.07) is 0. The minimum atomic E-state index is -0.459. The van der Waals surface area contributed by atoms with Crippen LogP contribution in [0.5, 0.6) is 0 Å². The van der Waals surface area contributed by atoms with Crippen LogP contribution in [-0.4, -0.2) is 22.4 Å². The third kappa shape index (κ3) is 16.6. The molecule has 0 aromatic carbocycles. The molecule has 2 heteroatoms. The molecule has 0 heterocycles. The number of aliphatic hydroxyl groups excluding tert-OH is 2. The third-order valence-electron chi connectivity index (χ3n) is 3.00. The molecule has 2 unspecified atom stereocenters. The lowest BCUT2D eigenvalue weighted by molar-refractivity contribution is 0.226. The maximum absolute atomic E-state index is 9.76. The normalized spacial score (nSPS) is 16.2. The summed E-state index contributed by atoms with van der Waals surface area (Å²) < 4.78 is 0. The summed E-state index contributed by atoms with van der Waals surface area (Å²) in [7, 11) is 0. The van der Waals surface area contributed by atoms with Crippen LogP contribution in [0.3, 0.4) is 0 Å². The molecule has 0 saturated carbocycles. The molecule has 0 aliphatic carbocycles. The van der Waals surface area contributed by atoms with E-state index in [2.05, 4.69) is 32.1 Å². The molecule has 2 N–H and O–H groups in total. The van der Waals surface area contributed by atoms with Crippen molar-refractivity contribution in [1.29, 1.82) is 0 Å². The maximum Gasteiger partial charge on any atom is 0.0758 e. The van der Waals surface area contributed by atoms with Crippen molar-refractivity contribution in [3.8, 4) is 0 Å². The Morgan fingerprint density at radius 1 is 0.609 bits per heavy atom. The largest absolute Gasteiger partial charge is 0.389 e. The van der Waals surface area contributed by atoms with Crippen LogP contribution in [-0.2, 0) is 0 Å². The maximum atomic E-state index is 9.76. The fourth-order valence-corrected chi connectivity index (χ4v) is 1.75. The van der Waals surface area contributed by atoms with Crippen LogP contribution in [0.15, 0.2) is 72.9 Å². The summed E-state index contributed by atoms with van der Waals surface area (Å²) in [6.07, 6.45) is 26.6. The molecule has 0 aromatic rings. The minimum absolute atomic E-state index is 0.441. The van der Waals surface area contributed by atoms with E-state index in [-0.39, 0.29) is 0 Å². The second-order valence-electron chi connectivity index (χ2n) is 5.23. The predicted octanol–water partition coefficient (Wildman–Crippen LogP) is 5.04. The van der Waals surface area contributed by atoms with Crippen LogP contribution < -0.4 is 0 Å². The van der Waals surface area contributed by atoms with Crippen LogP contribution in [0.2, 0.25) is 0 Å². The Kier molecular flexibility index (Phi) is 15.5. The molecule has 128 valence electrons. The zero-order chi connectivity index (χ0) is 17.2. The molecular weight excluding hydrogens is 284 g/mol. The van der Waals surface area contributed by atoms with Gasteiger partial charge >= 0.3 is 0 Å². The van der Waals surface area contributed by atoms with Gasteiger partial charge in [0.2, 0.25) is 0 Å². The Bertz CT molecular complexity index is 425. The van der Waals surface area contributed by atoms with Gasteiger partial charge < -0.3 is 10.2 Å². The van der Waals surface area contributed by atoms with Gasteiger partial charge in [-0.25, -0.2) is 0 Å². The molecule has 0 bridgehead atoms. The fraction of sp³-hybridized carbons (Fsp3) is 0.429. The van der Waals surface area contributed by atoms with Crippen LogP contribution in [0, 0.1) is 0 Å². The van der Waals surface area contributed by atoms with Crippen molar-refractivity contribution < 1.29 is 10.2 Å². The van der Waals surface area contributed by atoms with E-state index in [0.717, 1.165) is 19.3 Å². The van der Waals surface area contributed by atoms with Gasteiger partial charge in [-0.2, -0.15) is 0 Å². The topological polar surface area (TPSA) is 40.5 Å². The highest BCUT2D eigenvalue weighted by Gasteiger charge is 1.93. The molecule has 2 atom stereocenters. The Morgan fingerprint density at radius 3 is 1.57 bits per heavy atom. The van der Waals surface area contributed by atoms with Gasteiger partial charge in [-0.15, -0.1) is 0 Å². The van der Waals surface area contributed by atoms with Crippen LogP contribution in [0.1, 0.15) is 46.0 Å². The smallest absolute Gasteiger partial charge is 0.0758 e. The highest BCUT2D eigenvalue weighted by molar-refractivity contribution is 5.13. The quantitative estimate of drug-likeness (QED) is 0.391. The van der Waals surface area contributed by atoms with Crippen molar-refractivity contribution in [3.05, 3.63) is 72.9 Å². The van der Waals surface area contributed by atoms with Crippen molar-refractivity contribution in [1.82, 2.24) is 0 Å². The highest BCUT2D eigenvalue weighted by Crippen LogP contribution is 1.99. The van der Waals surface area contributed by atoms with Gasteiger partial charge in [0.1, 0.15) is 0 Å². The van der Waals surface area contributed by atoms with Crippen LogP contribution in [0.25, 0.3) is 0 Å². The summed E-state index contributed by atoms with van der Waals surface area (Å²) in [4.78, 5) is 0. The van der Waals surface area contributed by atoms with E-state index in [0.29, 0.717) is 12.8 Å². The number of hydrogen-bond acceptors (Lipinski definition) is 2. The number of allylic oxidation sites excluding steroid dienone is 8. The number of hydrogen-bond donors (Lipinski definition) is 2. The summed E-state index contributed by atoms with van der Waals surface area (Å²) in [5.41, 5.74) is 0. The molecule has 0 aromatic heterocycles. The first-order valence-electron chi connectivity index (χ1n) is 8.53. The van der Waals surface area contributed by atoms with E-state index in [9.17, 15) is 10.2 Å². The molecule has 0 radical (unpaired) electrons. The molecule has 0 aliphatic rings. The van der Waals surface area contributed by atoms with E-state index in [1.807, 2.05) is 42.5 Å². The van der Waals surface area contributed by atoms with Gasteiger partial charge in [0.15, 0.2) is 0 Å². The van der Waals surface area contributed by atoms with Gasteiger partial charge in [-0.3, -0.25) is 0 Å². The van der Waals surface area contributed by atoms with E-state index in [1.165, 1.54) is 0 Å². The summed E-state index contributed by atoms with van der Waals surface area (Å²) in [5.74, 6) is 0. The van der Waals surface area contributed by atoms with Gasteiger partial charge in [-0.1, -0.05) is 86.8 Å². The lowest BCUT2D eigenvalue weighted by Gasteiger charge is -1.99. The molecule has 0 amide bonds. The minimum Gasteiger partial charge on any atom is -0.389 e. The molecule has 0 rings (SSSR count). The highest BCUT2D eigenvalue weighted by atomic mass is 16.3. The Morgan fingerprint density at radius 2 is 1.04 bits per heavy atom. The number of rotatable bonds is 12. The van der Waals surface area contributed by atoms with Crippen molar-refractivity contribution in [2.24, 2.45) is 0 Å². The van der Waals surface area contributed by atoms with Gasteiger partial charge in [0.25, 0.3) is 0 Å². The van der Waals surface area contributed by atoms with E-state index in [1.54, 1.807) is 12.2 Å². The third-order valence-corrected chi connectivity index (χ3v) is 3.00. The van der Waals surface area contributed by atoms with Crippen molar-refractivity contribution >= 4 is 0 Å². The summed E-state index contributed by atoms with van der Waals surface area (Å²) in [6.45, 7) is 4.18. The first-order chi connectivity index (χ1) is 11.2. The van der Waals surface area contributed by atoms with Gasteiger partial charge in [0.05, 0.1) is 12.2 Å². The summed E-state index contributed by atoms with van der Waals surface area (Å²) >= 11 is 0. The van der Waals surface area contributed by atoms with E-state index < -0.39 is 12.2 Å². The summed E-state index contributed by atoms with van der Waals surface area (Å²) in [5, 5.41) is 19.4. The lowest BCUT2D eigenvalue weighted by atomic mass is 10.2. The molecule has 2 nitrogen and oxygen atoms in total. The van der Waals surface area contributed by atoms with Crippen LogP contribution in [0.4, 0.5) is 0 Å². The average Bonchev–Trinajstić information content (AvgIpc) is 2.54. The van der Waals surface area contributed by atoms with Gasteiger partial charge in [0, 0.05) is 0 Å². The molecule has 0 fully saturated rings. The fourth-order valence-electron chi connectivity index (χ4n) is 1.75. The van der Waals surface area contributed by atoms with Crippen molar-refractivity contribution in [3.63, 3.8) is 0 Å². The Labute approximate surface area is 141 Å². The molecule has 0 spiro atoms. The van der Waals surface area contributed by atoms with Crippen molar-refractivity contribution in [2.75, 3.05) is 0 Å². The molecule has 0 aliphatic heterocycles. The first kappa shape index (κ1) is 21.4. The van der Waals surface area contributed by atoms with E-state index in [4.69, 9.17) is 0 Å². The predicted molar refractivity (Wildman–Crippen MR) is 101 cm³/mol. The van der Waals surface area contributed by atoms with Crippen LogP contribution >= 0.6 is 0 Å². The van der Waals surface area contributed by atoms with Gasteiger partial charge in [-0.05, 0) is 32.1 Å². The first-order valence-corrected chi connectivity index (χ1v) is 8.53. The zero-order valence-corrected chi connectivity index (χ0v) is 14.5. The SMILES string of the molecule is CC/C=C\C/C=C\CC(O)/C=C/C=C/C=C\C(O)C/C=C\CC. The Hall–Kier alpha value is -1.64. The van der Waals surface area contributed by atoms with Crippen molar-refractivity contribution in [2.45, 2.75) is 58.2 Å². The monoisotopic (exact) mass is 316 g/mol. The molecule has 23 heavy (non-hydrogen) atoms.